The van der Waals surface area contributed by atoms with Crippen LogP contribution in [0.5, 0.6) is 5.75 Å². The minimum atomic E-state index is 0.0172. The van der Waals surface area contributed by atoms with E-state index in [1.165, 1.54) is 0 Å². The van der Waals surface area contributed by atoms with Crippen LogP contribution in [0.4, 0.5) is 0 Å². The quantitative estimate of drug-likeness (QED) is 0.886. The van der Waals surface area contributed by atoms with Gasteiger partial charge in [0.1, 0.15) is 5.69 Å². The van der Waals surface area contributed by atoms with Crippen molar-refractivity contribution in [1.82, 2.24) is 24.9 Å². The van der Waals surface area contributed by atoms with Crippen LogP contribution in [0.15, 0.2) is 12.4 Å². The zero-order chi connectivity index (χ0) is 15.6. The van der Waals surface area contributed by atoms with Crippen molar-refractivity contribution in [3.8, 4) is 5.75 Å². The molecule has 0 saturated heterocycles. The maximum atomic E-state index is 5.52. The Kier molecular flexibility index (Phi) is 4.67. The van der Waals surface area contributed by atoms with Crippen LogP contribution in [-0.2, 0) is 7.05 Å². The molecule has 116 valence electrons. The van der Waals surface area contributed by atoms with E-state index in [-0.39, 0.29) is 12.1 Å². The summed E-state index contributed by atoms with van der Waals surface area (Å²) in [5.41, 5.74) is 3.22. The predicted molar refractivity (Wildman–Crippen MR) is 82.6 cm³/mol. The second-order valence-electron chi connectivity index (χ2n) is 5.47. The zero-order valence-corrected chi connectivity index (χ0v) is 13.7. The molecule has 0 spiro atoms. The summed E-state index contributed by atoms with van der Waals surface area (Å²) < 4.78 is 9.38. The molecule has 0 aliphatic heterocycles. The third kappa shape index (κ3) is 2.95. The summed E-state index contributed by atoms with van der Waals surface area (Å²) in [6.07, 6.45) is 3.84. The summed E-state index contributed by atoms with van der Waals surface area (Å²) in [7, 11) is 3.63. The summed E-state index contributed by atoms with van der Waals surface area (Å²) >= 11 is 0. The van der Waals surface area contributed by atoms with Crippen LogP contribution in [-0.4, -0.2) is 33.2 Å². The molecule has 1 atom stereocenters. The Balaban J connectivity index is 2.57. The van der Waals surface area contributed by atoms with Crippen molar-refractivity contribution in [2.75, 3.05) is 13.7 Å². The number of methoxy groups -OCH3 is 1. The maximum Gasteiger partial charge on any atom is 0.161 e. The highest BCUT2D eigenvalue weighted by molar-refractivity contribution is 5.37. The fraction of sp³-hybridized carbons (Fsp3) is 0.600. The smallest absolute Gasteiger partial charge is 0.161 e. The molecule has 2 aromatic rings. The minimum Gasteiger partial charge on any atom is -0.493 e. The Bertz CT molecular complexity index is 599. The second-order valence-corrected chi connectivity index (χ2v) is 5.47. The van der Waals surface area contributed by atoms with Crippen LogP contribution in [0.1, 0.15) is 49.8 Å². The van der Waals surface area contributed by atoms with Gasteiger partial charge < -0.3 is 10.1 Å². The van der Waals surface area contributed by atoms with Gasteiger partial charge in [0.25, 0.3) is 0 Å². The molecule has 0 amide bonds. The SMILES string of the molecule is CCNC(c1cn(C)nc1C)c1c(OC)cnn1C(C)C. The second kappa shape index (κ2) is 6.30. The molecule has 6 heteroatoms. The molecule has 0 aliphatic rings. The Morgan fingerprint density at radius 2 is 2.10 bits per heavy atom. The van der Waals surface area contributed by atoms with Gasteiger partial charge in [0, 0.05) is 24.8 Å². The molecule has 0 aromatic carbocycles. The highest BCUT2D eigenvalue weighted by atomic mass is 16.5. The maximum absolute atomic E-state index is 5.52. The van der Waals surface area contributed by atoms with Crippen molar-refractivity contribution in [2.24, 2.45) is 7.05 Å². The summed E-state index contributed by atoms with van der Waals surface area (Å²) in [5.74, 6) is 0.804. The van der Waals surface area contributed by atoms with E-state index in [1.54, 1.807) is 13.3 Å². The van der Waals surface area contributed by atoms with Gasteiger partial charge in [-0.05, 0) is 27.3 Å². The number of rotatable bonds is 6. The van der Waals surface area contributed by atoms with Crippen molar-refractivity contribution in [1.29, 1.82) is 0 Å². The largest absolute Gasteiger partial charge is 0.493 e. The Labute approximate surface area is 126 Å². The normalized spacial score (nSPS) is 12.9. The van der Waals surface area contributed by atoms with Gasteiger partial charge >= 0.3 is 0 Å². The molecule has 0 bridgehead atoms. The molecular formula is C15H25N5O. The number of nitrogens with zero attached hydrogens (tertiary/aromatic N) is 4. The van der Waals surface area contributed by atoms with Gasteiger partial charge in [0.05, 0.1) is 25.0 Å². The first-order valence-electron chi connectivity index (χ1n) is 7.34. The molecule has 0 aliphatic carbocycles. The standard InChI is InChI=1S/C15H25N5O/c1-7-16-14(12-9-19(5)18-11(12)4)15-13(21-6)8-17-20(15)10(2)3/h8-10,14,16H,7H2,1-6H3. The number of hydrogen-bond donors (Lipinski definition) is 1. The lowest BCUT2D eigenvalue weighted by Crippen LogP contribution is -2.26. The Hall–Kier alpha value is -1.82. The lowest BCUT2D eigenvalue weighted by Gasteiger charge is -2.22. The first kappa shape index (κ1) is 15.6. The molecule has 21 heavy (non-hydrogen) atoms. The number of aryl methyl sites for hydroxylation is 2. The monoisotopic (exact) mass is 291 g/mol. The van der Waals surface area contributed by atoms with Gasteiger partial charge in [-0.25, -0.2) is 0 Å². The van der Waals surface area contributed by atoms with Crippen LogP contribution in [0, 0.1) is 6.92 Å². The summed E-state index contributed by atoms with van der Waals surface area (Å²) in [4.78, 5) is 0. The lowest BCUT2D eigenvalue weighted by atomic mass is 10.0. The third-order valence-electron chi connectivity index (χ3n) is 3.55. The number of aromatic nitrogens is 4. The van der Waals surface area contributed by atoms with E-state index in [1.807, 2.05) is 23.3 Å². The average Bonchev–Trinajstić information content (AvgIpc) is 2.99. The summed E-state index contributed by atoms with van der Waals surface area (Å²) in [6, 6.07) is 0.283. The van der Waals surface area contributed by atoms with Gasteiger partial charge in [0.2, 0.25) is 0 Å². The fourth-order valence-electron chi connectivity index (χ4n) is 2.66. The van der Waals surface area contributed by atoms with Crippen LogP contribution in [0.25, 0.3) is 0 Å². The van der Waals surface area contributed by atoms with Gasteiger partial charge in [-0.3, -0.25) is 9.36 Å². The van der Waals surface area contributed by atoms with E-state index in [0.717, 1.165) is 29.2 Å². The van der Waals surface area contributed by atoms with E-state index in [9.17, 15) is 0 Å². The van der Waals surface area contributed by atoms with E-state index in [0.29, 0.717) is 0 Å². The molecule has 2 aromatic heterocycles. The molecule has 6 nitrogen and oxygen atoms in total. The fourth-order valence-corrected chi connectivity index (χ4v) is 2.66. The molecule has 0 fully saturated rings. The van der Waals surface area contributed by atoms with E-state index in [4.69, 9.17) is 4.74 Å². The molecule has 0 saturated carbocycles. The van der Waals surface area contributed by atoms with Crippen LogP contribution < -0.4 is 10.1 Å². The first-order chi connectivity index (χ1) is 9.99. The Morgan fingerprint density at radius 1 is 1.38 bits per heavy atom. The highest BCUT2D eigenvalue weighted by Gasteiger charge is 2.26. The van der Waals surface area contributed by atoms with Gasteiger partial charge in [0.15, 0.2) is 5.75 Å². The molecular weight excluding hydrogens is 266 g/mol. The van der Waals surface area contributed by atoms with Crippen molar-refractivity contribution < 1.29 is 4.74 Å². The predicted octanol–water partition coefficient (Wildman–Crippen LogP) is 2.21. The number of ether oxygens (including phenoxy) is 1. The van der Waals surface area contributed by atoms with Crippen LogP contribution >= 0.6 is 0 Å². The first-order valence-corrected chi connectivity index (χ1v) is 7.34. The Morgan fingerprint density at radius 3 is 2.57 bits per heavy atom. The van der Waals surface area contributed by atoms with Gasteiger partial charge in [-0.2, -0.15) is 10.2 Å². The zero-order valence-electron chi connectivity index (χ0n) is 13.7. The van der Waals surface area contributed by atoms with Crippen molar-refractivity contribution in [3.63, 3.8) is 0 Å². The molecule has 0 radical (unpaired) electrons. The minimum absolute atomic E-state index is 0.0172. The van der Waals surface area contributed by atoms with Gasteiger partial charge in [-0.15, -0.1) is 0 Å². The van der Waals surface area contributed by atoms with Crippen molar-refractivity contribution in [3.05, 3.63) is 29.3 Å². The lowest BCUT2D eigenvalue weighted by molar-refractivity contribution is 0.394. The van der Waals surface area contributed by atoms with E-state index >= 15 is 0 Å². The number of hydrogen-bond acceptors (Lipinski definition) is 4. The molecule has 2 heterocycles. The highest BCUT2D eigenvalue weighted by Crippen LogP contribution is 2.32. The molecule has 1 N–H and O–H groups in total. The molecule has 1 unspecified atom stereocenters. The van der Waals surface area contributed by atoms with E-state index in [2.05, 4.69) is 42.5 Å². The van der Waals surface area contributed by atoms with Crippen molar-refractivity contribution >= 4 is 0 Å². The van der Waals surface area contributed by atoms with Crippen molar-refractivity contribution in [2.45, 2.75) is 39.8 Å². The molecule has 2 rings (SSSR count). The van der Waals surface area contributed by atoms with E-state index < -0.39 is 0 Å². The van der Waals surface area contributed by atoms with Crippen LogP contribution in [0.2, 0.25) is 0 Å². The third-order valence-corrected chi connectivity index (χ3v) is 3.55. The summed E-state index contributed by atoms with van der Waals surface area (Å²) in [6.45, 7) is 9.22. The number of nitrogens with one attached hydrogen (secondary N) is 1. The summed E-state index contributed by atoms with van der Waals surface area (Å²) in [5, 5.41) is 12.5. The van der Waals surface area contributed by atoms with Gasteiger partial charge in [-0.1, -0.05) is 6.92 Å². The van der Waals surface area contributed by atoms with Crippen LogP contribution in [0.3, 0.4) is 0 Å². The average molecular weight is 291 g/mol. The topological polar surface area (TPSA) is 56.9 Å².